The standard InChI is InChI=1S/C5H8O2.C4H6.C3H7NO3/c1-4(2)5(6)7-3;1-3-4-2;4-2(1-5)3(6)7/h1H2,2-3H3;3-4H,1-2H2;2,5H,1,4H2,(H,6,7)/t;;2-/m..0/s1. The van der Waals surface area contributed by atoms with Crippen LogP contribution in [0.25, 0.3) is 0 Å². The van der Waals surface area contributed by atoms with E-state index in [0.29, 0.717) is 5.57 Å². The number of esters is 1. The lowest BCUT2D eigenvalue weighted by Crippen LogP contribution is -2.33. The Morgan fingerprint density at radius 3 is 1.78 bits per heavy atom. The van der Waals surface area contributed by atoms with E-state index in [9.17, 15) is 9.59 Å². The molecule has 0 heterocycles. The molecule has 6 nitrogen and oxygen atoms in total. The molecular formula is C12H21NO5. The molecule has 0 aromatic carbocycles. The van der Waals surface area contributed by atoms with Gasteiger partial charge in [0.05, 0.1) is 13.7 Å². The van der Waals surface area contributed by atoms with Gasteiger partial charge in [0.25, 0.3) is 0 Å². The number of hydrogen-bond acceptors (Lipinski definition) is 5. The highest BCUT2D eigenvalue weighted by molar-refractivity contribution is 5.86. The Balaban J connectivity index is -0.000000196. The first-order valence-corrected chi connectivity index (χ1v) is 4.84. The van der Waals surface area contributed by atoms with Crippen molar-refractivity contribution in [2.45, 2.75) is 13.0 Å². The van der Waals surface area contributed by atoms with Crippen LogP contribution in [-0.2, 0) is 14.3 Å². The number of ether oxygens (including phenoxy) is 1. The molecule has 0 spiro atoms. The lowest BCUT2D eigenvalue weighted by Gasteiger charge is -1.96. The first kappa shape index (κ1) is 21.4. The van der Waals surface area contributed by atoms with Gasteiger partial charge >= 0.3 is 11.9 Å². The predicted octanol–water partition coefficient (Wildman–Crippen LogP) is 0.484. The summed E-state index contributed by atoms with van der Waals surface area (Å²) in [6, 6.07) is -1.13. The molecule has 0 radical (unpaired) electrons. The van der Waals surface area contributed by atoms with Crippen LogP contribution in [0.5, 0.6) is 0 Å². The van der Waals surface area contributed by atoms with Gasteiger partial charge in [0.2, 0.25) is 0 Å². The number of carbonyl (C=O) groups excluding carboxylic acids is 1. The van der Waals surface area contributed by atoms with E-state index in [1.165, 1.54) is 7.11 Å². The maximum absolute atomic E-state index is 10.2. The second kappa shape index (κ2) is 15.1. The average molecular weight is 259 g/mol. The highest BCUT2D eigenvalue weighted by atomic mass is 16.5. The molecule has 0 saturated carbocycles. The average Bonchev–Trinajstić information content (AvgIpc) is 2.37. The van der Waals surface area contributed by atoms with E-state index in [1.807, 2.05) is 0 Å². The topological polar surface area (TPSA) is 110 Å². The second-order valence-electron chi connectivity index (χ2n) is 2.87. The minimum Gasteiger partial charge on any atom is -0.480 e. The lowest BCUT2D eigenvalue weighted by atomic mass is 10.3. The Bertz CT molecular complexity index is 280. The molecule has 1 atom stereocenters. The van der Waals surface area contributed by atoms with E-state index in [1.54, 1.807) is 19.1 Å². The van der Waals surface area contributed by atoms with Crippen molar-refractivity contribution < 1.29 is 24.5 Å². The molecule has 0 bridgehead atoms. The quantitative estimate of drug-likeness (QED) is 0.385. The number of aliphatic carboxylic acids is 1. The van der Waals surface area contributed by atoms with E-state index in [-0.39, 0.29) is 5.97 Å². The molecule has 0 saturated heterocycles. The van der Waals surface area contributed by atoms with Crippen LogP contribution < -0.4 is 5.73 Å². The maximum Gasteiger partial charge on any atom is 0.332 e. The van der Waals surface area contributed by atoms with Crippen molar-refractivity contribution in [2.24, 2.45) is 5.73 Å². The summed E-state index contributed by atoms with van der Waals surface area (Å²) in [5, 5.41) is 15.9. The normalized spacial score (nSPS) is 9.33. The number of hydrogen-bond donors (Lipinski definition) is 3. The second-order valence-corrected chi connectivity index (χ2v) is 2.87. The van der Waals surface area contributed by atoms with Gasteiger partial charge in [-0.3, -0.25) is 4.79 Å². The van der Waals surface area contributed by atoms with Crippen molar-refractivity contribution in [1.82, 2.24) is 0 Å². The van der Waals surface area contributed by atoms with Gasteiger partial charge in [0.15, 0.2) is 0 Å². The molecule has 0 aliphatic carbocycles. The number of aliphatic hydroxyl groups excluding tert-OH is 1. The van der Waals surface area contributed by atoms with E-state index in [0.717, 1.165) is 0 Å². The zero-order chi connectivity index (χ0) is 15.1. The molecule has 0 unspecified atom stereocenters. The van der Waals surface area contributed by atoms with E-state index in [4.69, 9.17) is 15.9 Å². The number of carboxylic acid groups (broad SMARTS) is 1. The molecule has 0 aromatic rings. The van der Waals surface area contributed by atoms with E-state index < -0.39 is 18.6 Å². The van der Waals surface area contributed by atoms with E-state index >= 15 is 0 Å². The smallest absolute Gasteiger partial charge is 0.332 e. The highest BCUT2D eigenvalue weighted by Gasteiger charge is 2.06. The van der Waals surface area contributed by atoms with Crippen LogP contribution in [0.4, 0.5) is 0 Å². The van der Waals surface area contributed by atoms with Crippen molar-refractivity contribution in [2.75, 3.05) is 13.7 Å². The molecule has 0 rings (SSSR count). The minimum absolute atomic E-state index is 0.347. The molecule has 0 aliphatic heterocycles. The SMILES string of the molecule is C=C(C)C(=O)OC.C=CC=C.N[C@@H](CO)C(=O)O. The van der Waals surface area contributed by atoms with Gasteiger partial charge in [0, 0.05) is 5.57 Å². The first-order valence-electron chi connectivity index (χ1n) is 4.84. The van der Waals surface area contributed by atoms with Crippen molar-refractivity contribution in [3.05, 3.63) is 37.5 Å². The summed E-state index contributed by atoms with van der Waals surface area (Å²) >= 11 is 0. The maximum atomic E-state index is 10.2. The van der Waals surface area contributed by atoms with Gasteiger partial charge in [-0.25, -0.2) is 4.79 Å². The zero-order valence-electron chi connectivity index (χ0n) is 10.8. The number of allylic oxidation sites excluding steroid dienone is 2. The fraction of sp³-hybridized carbons (Fsp3) is 0.333. The van der Waals surface area contributed by atoms with Crippen LogP contribution in [-0.4, -0.2) is 41.9 Å². The summed E-state index contributed by atoms with van der Waals surface area (Å²) in [7, 11) is 1.33. The molecule has 6 heteroatoms. The summed E-state index contributed by atoms with van der Waals surface area (Å²) in [6.45, 7) is 11.2. The molecular weight excluding hydrogens is 238 g/mol. The molecule has 0 fully saturated rings. The Kier molecular flexibility index (Phi) is 17.9. The third-order valence-corrected chi connectivity index (χ3v) is 1.21. The van der Waals surface area contributed by atoms with Crippen LogP contribution in [0.2, 0.25) is 0 Å². The number of nitrogens with two attached hydrogens (primary N) is 1. The van der Waals surface area contributed by atoms with Crippen molar-refractivity contribution in [3.63, 3.8) is 0 Å². The van der Waals surface area contributed by atoms with Crippen LogP contribution in [0, 0.1) is 0 Å². The molecule has 0 aromatic heterocycles. The number of carbonyl (C=O) groups is 2. The van der Waals surface area contributed by atoms with Gasteiger partial charge in [-0.2, -0.15) is 0 Å². The summed E-state index contributed by atoms with van der Waals surface area (Å²) in [6.07, 6.45) is 3.28. The monoisotopic (exact) mass is 259 g/mol. The fourth-order valence-corrected chi connectivity index (χ4v) is 0.252. The number of aliphatic hydroxyl groups is 1. The summed E-state index contributed by atoms with van der Waals surface area (Å²) < 4.78 is 4.27. The number of carboxylic acids is 1. The van der Waals surface area contributed by atoms with Crippen LogP contribution >= 0.6 is 0 Å². The van der Waals surface area contributed by atoms with E-state index in [2.05, 4.69) is 24.5 Å². The first-order chi connectivity index (χ1) is 8.28. The predicted molar refractivity (Wildman–Crippen MR) is 69.9 cm³/mol. The Morgan fingerprint density at radius 2 is 1.78 bits per heavy atom. The Hall–Kier alpha value is -1.92. The Morgan fingerprint density at radius 1 is 1.39 bits per heavy atom. The zero-order valence-corrected chi connectivity index (χ0v) is 10.8. The largest absolute Gasteiger partial charge is 0.480 e. The summed E-state index contributed by atoms with van der Waals surface area (Å²) in [4.78, 5) is 19.8. The summed E-state index contributed by atoms with van der Waals surface area (Å²) in [5.41, 5.74) is 5.20. The molecule has 0 amide bonds. The van der Waals surface area contributed by atoms with Crippen LogP contribution in [0.15, 0.2) is 37.5 Å². The molecule has 0 aliphatic rings. The van der Waals surface area contributed by atoms with Crippen LogP contribution in [0.1, 0.15) is 6.92 Å². The number of rotatable bonds is 4. The molecule has 104 valence electrons. The van der Waals surface area contributed by atoms with Crippen molar-refractivity contribution in [3.8, 4) is 0 Å². The van der Waals surface area contributed by atoms with Crippen molar-refractivity contribution in [1.29, 1.82) is 0 Å². The third-order valence-electron chi connectivity index (χ3n) is 1.21. The third kappa shape index (κ3) is 19.6. The summed E-state index contributed by atoms with van der Waals surface area (Å²) in [5.74, 6) is -1.53. The Labute approximate surface area is 107 Å². The van der Waals surface area contributed by atoms with Gasteiger partial charge in [-0.15, -0.1) is 0 Å². The number of methoxy groups -OCH3 is 1. The lowest BCUT2D eigenvalue weighted by molar-refractivity contribution is -0.139. The van der Waals surface area contributed by atoms with Gasteiger partial charge in [0.1, 0.15) is 6.04 Å². The highest BCUT2D eigenvalue weighted by Crippen LogP contribution is 1.87. The van der Waals surface area contributed by atoms with Gasteiger partial charge in [-0.1, -0.05) is 31.9 Å². The fourth-order valence-electron chi connectivity index (χ4n) is 0.252. The molecule has 4 N–H and O–H groups in total. The minimum atomic E-state index is -1.18. The van der Waals surface area contributed by atoms with Gasteiger partial charge in [-0.05, 0) is 6.92 Å². The van der Waals surface area contributed by atoms with Gasteiger partial charge < -0.3 is 20.7 Å². The van der Waals surface area contributed by atoms with Crippen molar-refractivity contribution >= 4 is 11.9 Å². The molecule has 18 heavy (non-hydrogen) atoms. The van der Waals surface area contributed by atoms with Crippen LogP contribution in [0.3, 0.4) is 0 Å².